The quantitative estimate of drug-likeness (QED) is 0.538. The monoisotopic (exact) mass is 448 g/mol. The summed E-state index contributed by atoms with van der Waals surface area (Å²) in [5.74, 6) is -5.08. The third kappa shape index (κ3) is 4.18. The number of amides is 1. The molecule has 0 radical (unpaired) electrons. The molecular weight excluding hydrogens is 429 g/mol. The van der Waals surface area contributed by atoms with Crippen molar-refractivity contribution in [1.29, 1.82) is 0 Å². The molecule has 1 aromatic carbocycles. The molecule has 1 saturated carbocycles. The molecule has 1 aliphatic carbocycles. The molecule has 1 atom stereocenters. The number of hydrogen-bond donors (Lipinski definition) is 3. The van der Waals surface area contributed by atoms with Crippen LogP contribution in [0.1, 0.15) is 29.6 Å². The van der Waals surface area contributed by atoms with E-state index in [1.54, 1.807) is 23.7 Å². The smallest absolute Gasteiger partial charge is 0.287 e. The second-order valence-electron chi connectivity index (χ2n) is 7.14. The van der Waals surface area contributed by atoms with Gasteiger partial charge in [0.1, 0.15) is 11.5 Å². The van der Waals surface area contributed by atoms with Gasteiger partial charge in [0, 0.05) is 19.2 Å². The molecular formula is C20H19F3N6OS. The average Bonchev–Trinajstić information content (AvgIpc) is 3.17. The van der Waals surface area contributed by atoms with Gasteiger partial charge in [0.2, 0.25) is 0 Å². The number of fused-ring (bicyclic) bond motifs is 1. The number of nitrogens with zero attached hydrogens (tertiary/aromatic N) is 3. The van der Waals surface area contributed by atoms with Crippen molar-refractivity contribution in [2.75, 3.05) is 17.7 Å². The number of rotatable bonds is 5. The molecule has 1 aliphatic rings. The van der Waals surface area contributed by atoms with Crippen molar-refractivity contribution >= 4 is 50.5 Å². The number of aliphatic imine (C=N–C) groups is 1. The third-order valence-electron chi connectivity index (χ3n) is 5.08. The van der Waals surface area contributed by atoms with Gasteiger partial charge in [-0.3, -0.25) is 9.79 Å². The Kier molecular flexibility index (Phi) is 5.52. The number of anilines is 3. The van der Waals surface area contributed by atoms with Gasteiger partial charge in [-0.2, -0.15) is 8.78 Å². The topological polar surface area (TPSA) is 105 Å². The van der Waals surface area contributed by atoms with Gasteiger partial charge in [0.05, 0.1) is 27.3 Å². The molecule has 162 valence electrons. The first-order valence-electron chi connectivity index (χ1n) is 9.50. The lowest BCUT2D eigenvalue weighted by Crippen LogP contribution is -2.46. The van der Waals surface area contributed by atoms with Crippen LogP contribution in [-0.4, -0.2) is 40.6 Å². The number of thiazole rings is 1. The Balaban J connectivity index is 1.68. The minimum absolute atomic E-state index is 0.0119. The van der Waals surface area contributed by atoms with Gasteiger partial charge >= 0.3 is 0 Å². The molecule has 2 aromatic heterocycles. The summed E-state index contributed by atoms with van der Waals surface area (Å²) < 4.78 is 44.0. The molecule has 31 heavy (non-hydrogen) atoms. The van der Waals surface area contributed by atoms with Gasteiger partial charge in [0.25, 0.3) is 11.8 Å². The molecule has 11 heteroatoms. The van der Waals surface area contributed by atoms with E-state index in [1.807, 2.05) is 0 Å². The number of carbonyl (C=O) groups excluding carboxylic acids is 1. The Morgan fingerprint density at radius 1 is 1.32 bits per heavy atom. The van der Waals surface area contributed by atoms with Crippen molar-refractivity contribution in [1.82, 2.24) is 9.97 Å². The number of nitrogens with two attached hydrogens (primary N) is 1. The molecule has 4 rings (SSSR count). The zero-order valence-corrected chi connectivity index (χ0v) is 17.3. The summed E-state index contributed by atoms with van der Waals surface area (Å²) in [5.41, 5.74) is 7.99. The third-order valence-corrected chi connectivity index (χ3v) is 5.87. The number of benzene rings is 1. The van der Waals surface area contributed by atoms with Gasteiger partial charge in [-0.1, -0.05) is 0 Å². The van der Waals surface area contributed by atoms with Gasteiger partial charge in [-0.15, -0.1) is 11.3 Å². The second-order valence-corrected chi connectivity index (χ2v) is 8.03. The van der Waals surface area contributed by atoms with Crippen molar-refractivity contribution < 1.29 is 18.0 Å². The van der Waals surface area contributed by atoms with Gasteiger partial charge in [-0.25, -0.2) is 14.4 Å². The van der Waals surface area contributed by atoms with Crippen LogP contribution in [0.15, 0.2) is 34.8 Å². The van der Waals surface area contributed by atoms with Crippen molar-refractivity contribution in [3.63, 3.8) is 0 Å². The summed E-state index contributed by atoms with van der Waals surface area (Å²) in [7, 11) is 1.28. The lowest BCUT2D eigenvalue weighted by Gasteiger charge is -2.31. The number of carbonyl (C=O) groups is 1. The molecule has 0 unspecified atom stereocenters. The molecule has 0 spiro atoms. The maximum absolute atomic E-state index is 14.7. The average molecular weight is 448 g/mol. The SMILES string of the molecule is CN=C1[C@H](Nc2nc(Nc3ccc4ncsc4c3)c(C(N)=O)cc2F)CCCC1(F)F. The van der Waals surface area contributed by atoms with E-state index in [1.165, 1.54) is 18.4 Å². The number of primary amides is 1. The number of halogens is 3. The number of pyridine rings is 1. The Hall–Kier alpha value is -3.21. The van der Waals surface area contributed by atoms with Crippen LogP contribution in [0.25, 0.3) is 10.2 Å². The van der Waals surface area contributed by atoms with Crippen LogP contribution in [0.4, 0.5) is 30.5 Å². The first-order chi connectivity index (χ1) is 14.8. The summed E-state index contributed by atoms with van der Waals surface area (Å²) >= 11 is 1.43. The highest BCUT2D eigenvalue weighted by Crippen LogP contribution is 2.34. The predicted octanol–water partition coefficient (Wildman–Crippen LogP) is 4.34. The highest BCUT2D eigenvalue weighted by Gasteiger charge is 2.43. The Morgan fingerprint density at radius 3 is 2.87 bits per heavy atom. The van der Waals surface area contributed by atoms with E-state index in [0.29, 0.717) is 12.1 Å². The molecule has 0 bridgehead atoms. The van der Waals surface area contributed by atoms with Crippen LogP contribution < -0.4 is 16.4 Å². The molecule has 1 fully saturated rings. The molecule has 0 saturated heterocycles. The summed E-state index contributed by atoms with van der Waals surface area (Å²) in [5, 5.41) is 5.69. The van der Waals surface area contributed by atoms with E-state index in [9.17, 15) is 18.0 Å². The Bertz CT molecular complexity index is 1180. The molecule has 3 aromatic rings. The first-order valence-corrected chi connectivity index (χ1v) is 10.4. The highest BCUT2D eigenvalue weighted by molar-refractivity contribution is 7.16. The van der Waals surface area contributed by atoms with Crippen molar-refractivity contribution in [2.45, 2.75) is 31.2 Å². The zero-order chi connectivity index (χ0) is 22.2. The van der Waals surface area contributed by atoms with Crippen LogP contribution in [-0.2, 0) is 0 Å². The minimum atomic E-state index is -3.07. The predicted molar refractivity (Wildman–Crippen MR) is 115 cm³/mol. The second kappa shape index (κ2) is 8.14. The molecule has 7 nitrogen and oxygen atoms in total. The van der Waals surface area contributed by atoms with Crippen molar-refractivity contribution in [2.24, 2.45) is 10.7 Å². The van der Waals surface area contributed by atoms with Crippen LogP contribution in [0.5, 0.6) is 0 Å². The maximum atomic E-state index is 14.7. The fourth-order valence-electron chi connectivity index (χ4n) is 3.62. The van der Waals surface area contributed by atoms with Crippen LogP contribution in [0.3, 0.4) is 0 Å². The number of hydrogen-bond acceptors (Lipinski definition) is 7. The van der Waals surface area contributed by atoms with Crippen LogP contribution in [0, 0.1) is 5.82 Å². The van der Waals surface area contributed by atoms with Gasteiger partial charge in [-0.05, 0) is 37.1 Å². The van der Waals surface area contributed by atoms with Gasteiger partial charge < -0.3 is 16.4 Å². The van der Waals surface area contributed by atoms with Crippen LogP contribution >= 0.6 is 11.3 Å². The maximum Gasteiger partial charge on any atom is 0.287 e. The van der Waals surface area contributed by atoms with E-state index in [-0.39, 0.29) is 35.8 Å². The van der Waals surface area contributed by atoms with Gasteiger partial charge in [0.15, 0.2) is 11.6 Å². The van der Waals surface area contributed by atoms with E-state index < -0.39 is 23.7 Å². The van der Waals surface area contributed by atoms with E-state index in [0.717, 1.165) is 16.3 Å². The summed E-state index contributed by atoms with van der Waals surface area (Å²) in [6, 6.07) is 5.38. The number of aromatic nitrogens is 2. The zero-order valence-electron chi connectivity index (χ0n) is 16.5. The number of alkyl halides is 2. The largest absolute Gasteiger partial charge is 0.365 e. The van der Waals surface area contributed by atoms with Crippen molar-refractivity contribution in [3.8, 4) is 0 Å². The normalized spacial score (nSPS) is 19.5. The molecule has 0 aliphatic heterocycles. The fourth-order valence-corrected chi connectivity index (χ4v) is 4.33. The molecule has 1 amide bonds. The molecule has 4 N–H and O–H groups in total. The van der Waals surface area contributed by atoms with E-state index in [2.05, 4.69) is 25.6 Å². The Labute approximate surface area is 179 Å². The highest BCUT2D eigenvalue weighted by atomic mass is 32.1. The van der Waals surface area contributed by atoms with E-state index in [4.69, 9.17) is 5.73 Å². The van der Waals surface area contributed by atoms with E-state index >= 15 is 0 Å². The summed E-state index contributed by atoms with van der Waals surface area (Å²) in [6.07, 6.45) is 0.303. The molecule has 2 heterocycles. The number of nitrogens with one attached hydrogen (secondary N) is 2. The first kappa shape index (κ1) is 21.0. The van der Waals surface area contributed by atoms with Crippen molar-refractivity contribution in [3.05, 3.63) is 41.2 Å². The minimum Gasteiger partial charge on any atom is -0.365 e. The lowest BCUT2D eigenvalue weighted by atomic mass is 9.89. The summed E-state index contributed by atoms with van der Waals surface area (Å²) in [4.78, 5) is 23.9. The Morgan fingerprint density at radius 2 is 2.13 bits per heavy atom. The fraction of sp³-hybridized carbons (Fsp3) is 0.300. The summed E-state index contributed by atoms with van der Waals surface area (Å²) in [6.45, 7) is 0. The van der Waals surface area contributed by atoms with Crippen LogP contribution in [0.2, 0.25) is 0 Å². The lowest BCUT2D eigenvalue weighted by molar-refractivity contribution is 0.0534. The standard InChI is InChI=1S/C20H19F3N6OS/c1-25-16-14(3-2-6-20(16,22)23)28-19-12(21)8-11(17(24)30)18(29-19)27-10-4-5-13-15(7-10)31-9-26-13/h4-5,7-9,14H,2-3,6H2,1H3,(H2,24,30)(H2,27,28,29)/t14-/m1/s1.